The highest BCUT2D eigenvalue weighted by molar-refractivity contribution is 7.91. The third kappa shape index (κ3) is 4.20. The number of hydrogen-bond acceptors (Lipinski definition) is 4. The van der Waals surface area contributed by atoms with Crippen molar-refractivity contribution in [2.75, 3.05) is 17.6 Å². The molecule has 0 saturated heterocycles. The fourth-order valence-electron chi connectivity index (χ4n) is 2.91. The van der Waals surface area contributed by atoms with Gasteiger partial charge < -0.3 is 10.4 Å². The van der Waals surface area contributed by atoms with Crippen molar-refractivity contribution >= 4 is 15.5 Å². The summed E-state index contributed by atoms with van der Waals surface area (Å²) in [5.41, 5.74) is -0.107. The molecule has 0 spiro atoms. The lowest BCUT2D eigenvalue weighted by Crippen LogP contribution is -2.39. The number of aliphatic hydroxyl groups is 1. The Kier molecular flexibility index (Phi) is 5.27. The minimum absolute atomic E-state index is 0.149. The van der Waals surface area contributed by atoms with Gasteiger partial charge in [-0.15, -0.1) is 0 Å². The first-order valence-corrected chi connectivity index (χ1v) is 9.40. The van der Waals surface area contributed by atoms with E-state index in [2.05, 4.69) is 5.32 Å². The Bertz CT molecular complexity index is 563. The summed E-state index contributed by atoms with van der Waals surface area (Å²) in [5.74, 6) is 0.149. The predicted molar refractivity (Wildman–Crippen MR) is 85.3 cm³/mol. The van der Waals surface area contributed by atoms with Crippen LogP contribution in [0.5, 0.6) is 0 Å². The first-order chi connectivity index (χ1) is 9.97. The van der Waals surface area contributed by atoms with Crippen LogP contribution < -0.4 is 5.32 Å². The molecule has 4 nitrogen and oxygen atoms in total. The van der Waals surface area contributed by atoms with Gasteiger partial charge in [0.2, 0.25) is 0 Å². The van der Waals surface area contributed by atoms with Gasteiger partial charge in [-0.1, -0.05) is 38.3 Å². The molecule has 1 aromatic rings. The summed E-state index contributed by atoms with van der Waals surface area (Å²) < 4.78 is 24.6. The van der Waals surface area contributed by atoms with Gasteiger partial charge in [-0.2, -0.15) is 0 Å². The maximum Gasteiger partial charge on any atom is 0.180 e. The van der Waals surface area contributed by atoms with E-state index in [1.807, 2.05) is 13.0 Å². The van der Waals surface area contributed by atoms with Crippen LogP contribution in [-0.2, 0) is 9.84 Å². The van der Waals surface area contributed by atoms with Crippen LogP contribution in [0.4, 0.5) is 5.69 Å². The maximum absolute atomic E-state index is 12.3. The molecule has 0 bridgehead atoms. The van der Waals surface area contributed by atoms with Gasteiger partial charge in [0.1, 0.15) is 0 Å². The Balaban J connectivity index is 2.13. The fraction of sp³-hybridized carbons (Fsp3) is 0.625. The highest BCUT2D eigenvalue weighted by Crippen LogP contribution is 2.29. The molecule has 0 unspecified atom stereocenters. The fourth-order valence-corrected chi connectivity index (χ4v) is 4.43. The highest BCUT2D eigenvalue weighted by atomic mass is 32.2. The van der Waals surface area contributed by atoms with Crippen LogP contribution in [0, 0.1) is 0 Å². The Hall–Kier alpha value is -1.07. The molecule has 1 aliphatic rings. The van der Waals surface area contributed by atoms with Crippen molar-refractivity contribution in [2.45, 2.75) is 55.9 Å². The zero-order valence-corrected chi connectivity index (χ0v) is 13.5. The molecular formula is C16H25NO3S. The van der Waals surface area contributed by atoms with E-state index in [9.17, 15) is 13.5 Å². The average molecular weight is 311 g/mol. The van der Waals surface area contributed by atoms with E-state index < -0.39 is 15.4 Å². The van der Waals surface area contributed by atoms with E-state index >= 15 is 0 Å². The Morgan fingerprint density at radius 2 is 1.86 bits per heavy atom. The van der Waals surface area contributed by atoms with Gasteiger partial charge in [0, 0.05) is 6.54 Å². The lowest BCUT2D eigenvalue weighted by atomic mass is 9.85. The van der Waals surface area contributed by atoms with E-state index in [1.54, 1.807) is 18.2 Å². The number of sulfone groups is 1. The average Bonchev–Trinajstić information content (AvgIpc) is 2.46. The molecule has 0 aliphatic heterocycles. The van der Waals surface area contributed by atoms with Gasteiger partial charge in [0.15, 0.2) is 9.84 Å². The summed E-state index contributed by atoms with van der Waals surface area (Å²) in [7, 11) is -3.26. The monoisotopic (exact) mass is 311 g/mol. The van der Waals surface area contributed by atoms with E-state index in [1.165, 1.54) is 6.42 Å². The van der Waals surface area contributed by atoms with Crippen LogP contribution in [0.1, 0.15) is 45.4 Å². The number of benzene rings is 1. The van der Waals surface area contributed by atoms with Crippen molar-refractivity contribution < 1.29 is 13.5 Å². The second-order valence-corrected chi connectivity index (χ2v) is 8.03. The molecule has 2 N–H and O–H groups in total. The van der Waals surface area contributed by atoms with Crippen LogP contribution in [0.15, 0.2) is 29.2 Å². The number of nitrogens with one attached hydrogen (secondary N) is 1. The number of anilines is 1. The molecule has 1 aromatic carbocycles. The molecule has 5 heteroatoms. The zero-order valence-electron chi connectivity index (χ0n) is 12.6. The van der Waals surface area contributed by atoms with Crippen molar-refractivity contribution in [1.82, 2.24) is 0 Å². The summed E-state index contributed by atoms with van der Waals surface area (Å²) in [6, 6.07) is 6.97. The second kappa shape index (κ2) is 6.79. The van der Waals surface area contributed by atoms with Gasteiger partial charge >= 0.3 is 0 Å². The number of hydrogen-bond donors (Lipinski definition) is 2. The summed E-state index contributed by atoms with van der Waals surface area (Å²) >= 11 is 0. The van der Waals surface area contributed by atoms with Gasteiger partial charge in [-0.05, 0) is 31.4 Å². The minimum atomic E-state index is -3.26. The van der Waals surface area contributed by atoms with Crippen molar-refractivity contribution in [3.63, 3.8) is 0 Å². The molecule has 0 atom stereocenters. The Morgan fingerprint density at radius 3 is 2.52 bits per heavy atom. The molecular weight excluding hydrogens is 286 g/mol. The maximum atomic E-state index is 12.3. The molecule has 1 fully saturated rings. The van der Waals surface area contributed by atoms with Crippen LogP contribution in [0.2, 0.25) is 0 Å². The first kappa shape index (κ1) is 16.3. The van der Waals surface area contributed by atoms with Crippen LogP contribution in [0.3, 0.4) is 0 Å². The van der Waals surface area contributed by atoms with E-state index in [0.29, 0.717) is 23.5 Å². The molecule has 0 amide bonds. The largest absolute Gasteiger partial charge is 0.388 e. The van der Waals surface area contributed by atoms with Gasteiger partial charge in [0.05, 0.1) is 21.9 Å². The van der Waals surface area contributed by atoms with E-state index in [4.69, 9.17) is 0 Å². The van der Waals surface area contributed by atoms with Crippen molar-refractivity contribution in [1.29, 1.82) is 0 Å². The minimum Gasteiger partial charge on any atom is -0.388 e. The molecule has 0 aromatic heterocycles. The normalized spacial score (nSPS) is 18.4. The summed E-state index contributed by atoms with van der Waals surface area (Å²) in [6.07, 6.45) is 5.40. The topological polar surface area (TPSA) is 66.4 Å². The first-order valence-electron chi connectivity index (χ1n) is 7.75. The van der Waals surface area contributed by atoms with Gasteiger partial charge in [0.25, 0.3) is 0 Å². The molecule has 0 heterocycles. The van der Waals surface area contributed by atoms with Crippen molar-refractivity contribution in [3.8, 4) is 0 Å². The van der Waals surface area contributed by atoms with Crippen LogP contribution >= 0.6 is 0 Å². The number of rotatable bonds is 6. The third-order valence-corrected chi connectivity index (χ3v) is 6.06. The zero-order chi connectivity index (χ0) is 15.3. The van der Waals surface area contributed by atoms with Gasteiger partial charge in [-0.25, -0.2) is 8.42 Å². The molecule has 118 valence electrons. The quantitative estimate of drug-likeness (QED) is 0.847. The third-order valence-electron chi connectivity index (χ3n) is 4.09. The van der Waals surface area contributed by atoms with Gasteiger partial charge in [-0.3, -0.25) is 0 Å². The van der Waals surface area contributed by atoms with Crippen LogP contribution in [-0.4, -0.2) is 31.4 Å². The van der Waals surface area contributed by atoms with E-state index in [-0.39, 0.29) is 5.75 Å². The van der Waals surface area contributed by atoms with Crippen molar-refractivity contribution in [2.24, 2.45) is 0 Å². The SMILES string of the molecule is CCCS(=O)(=O)c1ccccc1NCC1(O)CCCCC1. The summed E-state index contributed by atoms with van der Waals surface area (Å²) in [5, 5.41) is 13.7. The van der Waals surface area contributed by atoms with E-state index in [0.717, 1.165) is 25.7 Å². The molecule has 21 heavy (non-hydrogen) atoms. The lowest BCUT2D eigenvalue weighted by molar-refractivity contribution is 0.0167. The molecule has 2 rings (SSSR count). The highest BCUT2D eigenvalue weighted by Gasteiger charge is 2.29. The molecule has 1 saturated carbocycles. The number of para-hydroxylation sites is 1. The molecule has 0 radical (unpaired) electrons. The molecule has 1 aliphatic carbocycles. The standard InChI is InChI=1S/C16H25NO3S/c1-2-12-21(19,20)15-9-5-4-8-14(15)17-13-16(18)10-6-3-7-11-16/h4-5,8-9,17-18H,2-3,6-7,10-13H2,1H3. The Labute approximate surface area is 127 Å². The Morgan fingerprint density at radius 1 is 1.19 bits per heavy atom. The summed E-state index contributed by atoms with van der Waals surface area (Å²) in [6.45, 7) is 2.27. The second-order valence-electron chi connectivity index (χ2n) is 5.95. The lowest BCUT2D eigenvalue weighted by Gasteiger charge is -2.32. The predicted octanol–water partition coefficient (Wildman–Crippen LogP) is 2.98. The van der Waals surface area contributed by atoms with Crippen LogP contribution in [0.25, 0.3) is 0 Å². The summed E-state index contributed by atoms with van der Waals surface area (Å²) in [4.78, 5) is 0.339. The smallest absolute Gasteiger partial charge is 0.180 e. The van der Waals surface area contributed by atoms with Crippen molar-refractivity contribution in [3.05, 3.63) is 24.3 Å².